The van der Waals surface area contributed by atoms with E-state index in [-0.39, 0.29) is 18.5 Å². The maximum atomic E-state index is 12.5. The lowest BCUT2D eigenvalue weighted by Crippen LogP contribution is -2.45. The molecule has 0 aliphatic rings. The molecule has 6 heteroatoms. The van der Waals surface area contributed by atoms with Crippen LogP contribution >= 0.6 is 0 Å². The molecule has 68 heavy (non-hydrogen) atoms. The molecule has 0 saturated heterocycles. The number of aliphatic hydroxyl groups is 2. The highest BCUT2D eigenvalue weighted by Crippen LogP contribution is 2.17. The number of nitrogens with one attached hydrogen (secondary N) is 1. The van der Waals surface area contributed by atoms with Gasteiger partial charge >= 0.3 is 5.97 Å². The monoisotopic (exact) mass is 958 g/mol. The first-order chi connectivity index (χ1) is 33.5. The fourth-order valence-corrected chi connectivity index (χ4v) is 9.51. The van der Waals surface area contributed by atoms with Crippen LogP contribution in [0.3, 0.4) is 0 Å². The van der Waals surface area contributed by atoms with Gasteiger partial charge in [0, 0.05) is 12.8 Å². The Morgan fingerprint density at radius 1 is 0.397 bits per heavy atom. The summed E-state index contributed by atoms with van der Waals surface area (Å²) in [6.07, 6.45) is 70.3. The SMILES string of the molecule is CCCCCCCCC/C=C\CCCCCCCC(=O)OCCCCCC/C=C\CCCCCCCCCC(=O)NC(CO)C(O)CCCCCCCCCCCCCCCCCCCCCC. The molecule has 2 atom stereocenters. The van der Waals surface area contributed by atoms with Crippen molar-refractivity contribution in [1.29, 1.82) is 0 Å². The summed E-state index contributed by atoms with van der Waals surface area (Å²) < 4.78 is 5.47. The Kier molecular flexibility index (Phi) is 56.5. The van der Waals surface area contributed by atoms with Crippen molar-refractivity contribution in [2.45, 2.75) is 347 Å². The highest BCUT2D eigenvalue weighted by molar-refractivity contribution is 5.76. The van der Waals surface area contributed by atoms with Crippen LogP contribution in [-0.2, 0) is 14.3 Å². The van der Waals surface area contributed by atoms with E-state index in [1.54, 1.807) is 0 Å². The normalized spacial score (nSPS) is 12.7. The van der Waals surface area contributed by atoms with Gasteiger partial charge in [0.25, 0.3) is 0 Å². The molecular weight excluding hydrogens is 839 g/mol. The number of ether oxygens (including phenoxy) is 1. The van der Waals surface area contributed by atoms with Crippen molar-refractivity contribution in [3.63, 3.8) is 0 Å². The number of rotatable bonds is 57. The van der Waals surface area contributed by atoms with Crippen molar-refractivity contribution >= 4 is 11.9 Å². The second kappa shape index (κ2) is 57.9. The Hall–Kier alpha value is -1.66. The number of amides is 1. The van der Waals surface area contributed by atoms with E-state index >= 15 is 0 Å². The zero-order chi connectivity index (χ0) is 49.3. The third-order valence-corrected chi connectivity index (χ3v) is 14.2. The van der Waals surface area contributed by atoms with Crippen molar-refractivity contribution in [2.24, 2.45) is 0 Å². The first-order valence-corrected chi connectivity index (χ1v) is 30.6. The largest absolute Gasteiger partial charge is 0.466 e. The molecule has 0 saturated carbocycles. The number of carbonyl (C=O) groups excluding carboxylic acids is 2. The minimum atomic E-state index is -0.675. The quantitative estimate of drug-likeness (QED) is 0.0321. The predicted molar refractivity (Wildman–Crippen MR) is 296 cm³/mol. The molecule has 0 fully saturated rings. The Morgan fingerprint density at radius 2 is 0.691 bits per heavy atom. The molecule has 1 amide bonds. The molecule has 402 valence electrons. The molecule has 0 radical (unpaired) electrons. The fourth-order valence-electron chi connectivity index (χ4n) is 9.51. The summed E-state index contributed by atoms with van der Waals surface area (Å²) in [6, 6.07) is -0.554. The van der Waals surface area contributed by atoms with Gasteiger partial charge in [-0.1, -0.05) is 269 Å². The Labute approximate surface area is 424 Å². The van der Waals surface area contributed by atoms with Crippen LogP contribution in [0.2, 0.25) is 0 Å². The fraction of sp³-hybridized carbons (Fsp3) is 0.903. The molecule has 0 aromatic carbocycles. The molecular formula is C62H119NO5. The summed E-state index contributed by atoms with van der Waals surface area (Å²) in [5.74, 6) is -0.0643. The Morgan fingerprint density at radius 3 is 1.04 bits per heavy atom. The molecule has 0 bridgehead atoms. The lowest BCUT2D eigenvalue weighted by molar-refractivity contribution is -0.143. The van der Waals surface area contributed by atoms with Crippen LogP contribution in [0.5, 0.6) is 0 Å². The summed E-state index contributed by atoms with van der Waals surface area (Å²) in [4.78, 5) is 24.6. The minimum absolute atomic E-state index is 0.0167. The summed E-state index contributed by atoms with van der Waals surface area (Å²) in [6.45, 7) is 4.93. The number of carbonyl (C=O) groups is 2. The zero-order valence-corrected chi connectivity index (χ0v) is 45.9. The molecule has 6 nitrogen and oxygen atoms in total. The maximum Gasteiger partial charge on any atom is 0.305 e. The van der Waals surface area contributed by atoms with E-state index in [0.717, 1.165) is 70.6 Å². The second-order valence-corrected chi connectivity index (χ2v) is 21.0. The number of unbranched alkanes of at least 4 members (excludes halogenated alkanes) is 42. The van der Waals surface area contributed by atoms with Gasteiger partial charge in [-0.15, -0.1) is 0 Å². The Bertz CT molecular complexity index is 1060. The van der Waals surface area contributed by atoms with Crippen molar-refractivity contribution < 1.29 is 24.5 Å². The summed E-state index contributed by atoms with van der Waals surface area (Å²) >= 11 is 0. The van der Waals surface area contributed by atoms with Crippen LogP contribution in [0.4, 0.5) is 0 Å². The van der Waals surface area contributed by atoms with Crippen LogP contribution in [0, 0.1) is 0 Å². The smallest absolute Gasteiger partial charge is 0.305 e. The summed E-state index contributed by atoms with van der Waals surface area (Å²) in [5, 5.41) is 23.3. The average molecular weight is 959 g/mol. The van der Waals surface area contributed by atoms with Gasteiger partial charge < -0.3 is 20.3 Å². The predicted octanol–water partition coefficient (Wildman–Crippen LogP) is 19.0. The van der Waals surface area contributed by atoms with E-state index in [9.17, 15) is 19.8 Å². The standard InChI is InChI=1S/C62H119NO5/c1-3-5-7-9-11-13-15-17-19-21-22-23-24-26-30-34-38-42-46-50-54-60(65)59(58-64)63-61(66)55-51-47-43-39-35-31-27-25-29-33-37-41-45-49-53-57-68-62(67)56-52-48-44-40-36-32-28-20-18-16-14-12-10-8-6-4-2/h20,28-29,33,59-60,64-65H,3-19,21-27,30-32,34-58H2,1-2H3,(H,63,66)/b28-20-,33-29-. The minimum Gasteiger partial charge on any atom is -0.466 e. The molecule has 0 rings (SSSR count). The topological polar surface area (TPSA) is 95.9 Å². The van der Waals surface area contributed by atoms with Crippen LogP contribution in [0.25, 0.3) is 0 Å². The van der Waals surface area contributed by atoms with Gasteiger partial charge in [-0.2, -0.15) is 0 Å². The van der Waals surface area contributed by atoms with Crippen molar-refractivity contribution in [3.05, 3.63) is 24.3 Å². The van der Waals surface area contributed by atoms with Crippen LogP contribution in [0.1, 0.15) is 335 Å². The summed E-state index contributed by atoms with van der Waals surface area (Å²) in [7, 11) is 0. The average Bonchev–Trinajstić information content (AvgIpc) is 3.34. The molecule has 2 unspecified atom stereocenters. The first-order valence-electron chi connectivity index (χ1n) is 30.6. The molecule has 0 aromatic heterocycles. The first kappa shape index (κ1) is 66.3. The van der Waals surface area contributed by atoms with Gasteiger partial charge in [0.2, 0.25) is 5.91 Å². The van der Waals surface area contributed by atoms with Crippen molar-refractivity contribution in [2.75, 3.05) is 13.2 Å². The second-order valence-electron chi connectivity index (χ2n) is 21.0. The van der Waals surface area contributed by atoms with E-state index in [0.29, 0.717) is 25.9 Å². The number of hydrogen-bond acceptors (Lipinski definition) is 5. The molecule has 0 spiro atoms. The lowest BCUT2D eigenvalue weighted by atomic mass is 10.0. The number of esters is 1. The lowest BCUT2D eigenvalue weighted by Gasteiger charge is -2.22. The van der Waals surface area contributed by atoms with E-state index in [1.165, 1.54) is 231 Å². The van der Waals surface area contributed by atoms with Gasteiger partial charge in [0.1, 0.15) is 0 Å². The van der Waals surface area contributed by atoms with E-state index < -0.39 is 12.1 Å². The van der Waals surface area contributed by atoms with Gasteiger partial charge in [0.05, 0.1) is 25.4 Å². The molecule has 0 heterocycles. The third-order valence-electron chi connectivity index (χ3n) is 14.2. The van der Waals surface area contributed by atoms with Crippen LogP contribution in [0.15, 0.2) is 24.3 Å². The van der Waals surface area contributed by atoms with Crippen molar-refractivity contribution in [3.8, 4) is 0 Å². The van der Waals surface area contributed by atoms with Crippen LogP contribution in [-0.4, -0.2) is 47.4 Å². The number of allylic oxidation sites excluding steroid dienone is 4. The van der Waals surface area contributed by atoms with E-state index in [4.69, 9.17) is 4.74 Å². The molecule has 0 aromatic rings. The van der Waals surface area contributed by atoms with Gasteiger partial charge in [0.15, 0.2) is 0 Å². The highest BCUT2D eigenvalue weighted by atomic mass is 16.5. The third kappa shape index (κ3) is 53.7. The van der Waals surface area contributed by atoms with E-state index in [2.05, 4.69) is 43.5 Å². The van der Waals surface area contributed by atoms with Crippen LogP contribution < -0.4 is 5.32 Å². The van der Waals surface area contributed by atoms with Gasteiger partial charge in [-0.05, 0) is 77.0 Å². The highest BCUT2D eigenvalue weighted by Gasteiger charge is 2.20. The number of hydrogen-bond donors (Lipinski definition) is 3. The summed E-state index contributed by atoms with van der Waals surface area (Å²) in [5.41, 5.74) is 0. The van der Waals surface area contributed by atoms with Gasteiger partial charge in [-0.25, -0.2) is 0 Å². The van der Waals surface area contributed by atoms with Gasteiger partial charge in [-0.3, -0.25) is 9.59 Å². The van der Waals surface area contributed by atoms with Crippen molar-refractivity contribution in [1.82, 2.24) is 5.32 Å². The number of aliphatic hydroxyl groups excluding tert-OH is 2. The van der Waals surface area contributed by atoms with E-state index in [1.807, 2.05) is 0 Å². The molecule has 0 aliphatic carbocycles. The molecule has 0 aliphatic heterocycles. The maximum absolute atomic E-state index is 12.5. The Balaban J connectivity index is 3.47. The zero-order valence-electron chi connectivity index (χ0n) is 45.9. The molecule has 3 N–H and O–H groups in total.